The number of aromatic amines is 1. The van der Waals surface area contributed by atoms with Crippen molar-refractivity contribution in [2.75, 3.05) is 13.0 Å². The molecule has 0 spiro atoms. The first-order chi connectivity index (χ1) is 7.15. The number of alkyl halides is 1. The van der Waals surface area contributed by atoms with Crippen LogP contribution < -0.4 is 10.3 Å². The lowest BCUT2D eigenvalue weighted by atomic mass is 10.1. The van der Waals surface area contributed by atoms with Crippen molar-refractivity contribution in [2.24, 2.45) is 0 Å². The number of hydrogen-bond acceptors (Lipinski definition) is 4. The Bertz CT molecular complexity index is 487. The number of hydrogen-bond donors (Lipinski definition) is 1. The van der Waals surface area contributed by atoms with Gasteiger partial charge in [-0.2, -0.15) is 5.26 Å². The Balaban J connectivity index is 3.50. The molecule has 6 heteroatoms. The van der Waals surface area contributed by atoms with Crippen molar-refractivity contribution in [2.45, 2.75) is 0 Å². The number of nitrogens with one attached hydrogen (secondary N) is 1. The van der Waals surface area contributed by atoms with Crippen molar-refractivity contribution in [3.05, 3.63) is 27.7 Å². The average molecular weight is 227 g/mol. The van der Waals surface area contributed by atoms with Gasteiger partial charge in [-0.15, -0.1) is 11.6 Å². The molecule has 0 aliphatic rings. The van der Waals surface area contributed by atoms with E-state index in [1.165, 1.54) is 13.3 Å². The maximum atomic E-state index is 11.3. The third-order valence-corrected chi connectivity index (χ3v) is 2.03. The van der Waals surface area contributed by atoms with Crippen LogP contribution in [0, 0.1) is 11.3 Å². The van der Waals surface area contributed by atoms with Crippen LogP contribution >= 0.6 is 11.6 Å². The molecule has 1 aromatic heterocycles. The second-order valence-electron chi connectivity index (χ2n) is 2.61. The van der Waals surface area contributed by atoms with Gasteiger partial charge in [-0.1, -0.05) is 0 Å². The number of methoxy groups -OCH3 is 1. The van der Waals surface area contributed by atoms with Crippen LogP contribution in [-0.4, -0.2) is 23.8 Å². The van der Waals surface area contributed by atoms with Crippen LogP contribution in [0.15, 0.2) is 11.0 Å². The minimum Gasteiger partial charge on any atom is -0.494 e. The lowest BCUT2D eigenvalue weighted by Gasteiger charge is -2.06. The summed E-state index contributed by atoms with van der Waals surface area (Å²) < 4.78 is 4.85. The van der Waals surface area contributed by atoms with Crippen LogP contribution in [0.1, 0.15) is 15.9 Å². The zero-order chi connectivity index (χ0) is 11.4. The minimum absolute atomic E-state index is 0.0353. The van der Waals surface area contributed by atoms with Crippen LogP contribution in [0.25, 0.3) is 0 Å². The highest BCUT2D eigenvalue weighted by atomic mass is 35.5. The number of halogens is 1. The third-order valence-electron chi connectivity index (χ3n) is 1.78. The number of carbonyl (C=O) groups excluding carboxylic acids is 1. The van der Waals surface area contributed by atoms with Gasteiger partial charge in [0.15, 0.2) is 17.1 Å². The largest absolute Gasteiger partial charge is 0.494 e. The zero-order valence-electron chi connectivity index (χ0n) is 7.83. The summed E-state index contributed by atoms with van der Waals surface area (Å²) in [4.78, 5) is 24.8. The van der Waals surface area contributed by atoms with Gasteiger partial charge in [-0.05, 0) is 0 Å². The summed E-state index contributed by atoms with van der Waals surface area (Å²) in [5, 5.41) is 8.72. The van der Waals surface area contributed by atoms with Gasteiger partial charge in [0.2, 0.25) is 0 Å². The Morgan fingerprint density at radius 2 is 2.40 bits per heavy atom. The first kappa shape index (κ1) is 11.3. The SMILES string of the molecule is COc1c(C(=O)CCl)c[nH]c(=O)c1C#N. The fraction of sp³-hybridized carbons (Fsp3) is 0.222. The summed E-state index contributed by atoms with van der Waals surface area (Å²) in [5.41, 5.74) is -0.724. The molecule has 0 aromatic carbocycles. The molecule has 0 amide bonds. The van der Waals surface area contributed by atoms with Crippen molar-refractivity contribution in [1.29, 1.82) is 5.26 Å². The molecule has 0 aliphatic carbocycles. The van der Waals surface area contributed by atoms with Gasteiger partial charge in [0, 0.05) is 6.20 Å². The quantitative estimate of drug-likeness (QED) is 0.607. The van der Waals surface area contributed by atoms with E-state index in [4.69, 9.17) is 21.6 Å². The highest BCUT2D eigenvalue weighted by Crippen LogP contribution is 2.19. The topological polar surface area (TPSA) is 83.0 Å². The van der Waals surface area contributed by atoms with E-state index >= 15 is 0 Å². The Labute approximate surface area is 90.2 Å². The van der Waals surface area contributed by atoms with Crippen molar-refractivity contribution in [3.8, 4) is 11.8 Å². The molecule has 1 aromatic rings. The summed E-state index contributed by atoms with van der Waals surface area (Å²) >= 11 is 5.37. The predicted molar refractivity (Wildman–Crippen MR) is 53.4 cm³/mol. The van der Waals surface area contributed by atoms with Crippen molar-refractivity contribution < 1.29 is 9.53 Å². The number of ketones is 1. The fourth-order valence-electron chi connectivity index (χ4n) is 1.11. The van der Waals surface area contributed by atoms with E-state index in [1.807, 2.05) is 0 Å². The molecule has 1 rings (SSSR count). The highest BCUT2D eigenvalue weighted by Gasteiger charge is 2.17. The molecule has 0 saturated heterocycles. The smallest absolute Gasteiger partial charge is 0.269 e. The van der Waals surface area contributed by atoms with E-state index in [1.54, 1.807) is 6.07 Å². The van der Waals surface area contributed by atoms with Gasteiger partial charge in [0.1, 0.15) is 6.07 Å². The molecule has 78 valence electrons. The first-order valence-corrected chi connectivity index (χ1v) is 4.48. The van der Waals surface area contributed by atoms with Gasteiger partial charge in [0.05, 0.1) is 18.6 Å². The molecule has 1 heterocycles. The number of H-pyrrole nitrogens is 1. The minimum atomic E-state index is -0.597. The number of nitriles is 1. The summed E-state index contributed by atoms with van der Waals surface area (Å²) in [6.07, 6.45) is 1.19. The van der Waals surface area contributed by atoms with E-state index in [-0.39, 0.29) is 22.8 Å². The second kappa shape index (κ2) is 4.62. The fourth-order valence-corrected chi connectivity index (χ4v) is 1.25. The van der Waals surface area contributed by atoms with Crippen LogP contribution in [-0.2, 0) is 0 Å². The highest BCUT2D eigenvalue weighted by molar-refractivity contribution is 6.30. The van der Waals surface area contributed by atoms with E-state index in [9.17, 15) is 9.59 Å². The molecule has 15 heavy (non-hydrogen) atoms. The number of rotatable bonds is 3. The molecule has 0 bridgehead atoms. The van der Waals surface area contributed by atoms with Gasteiger partial charge >= 0.3 is 0 Å². The molecule has 0 saturated carbocycles. The van der Waals surface area contributed by atoms with Gasteiger partial charge in [-0.3, -0.25) is 9.59 Å². The third kappa shape index (κ3) is 2.00. The molecule has 0 fully saturated rings. The van der Waals surface area contributed by atoms with E-state index < -0.39 is 11.3 Å². The summed E-state index contributed by atoms with van der Waals surface area (Å²) in [6.45, 7) is 0. The molecule has 0 aliphatic heterocycles. The second-order valence-corrected chi connectivity index (χ2v) is 2.88. The van der Waals surface area contributed by atoms with Gasteiger partial charge in [0.25, 0.3) is 5.56 Å². The van der Waals surface area contributed by atoms with E-state index in [0.29, 0.717) is 0 Å². The predicted octanol–water partition coefficient (Wildman–Crippen LogP) is 0.677. The maximum absolute atomic E-state index is 11.3. The number of nitrogens with zero attached hydrogens (tertiary/aromatic N) is 1. The van der Waals surface area contributed by atoms with Crippen molar-refractivity contribution in [1.82, 2.24) is 4.98 Å². The number of aromatic nitrogens is 1. The zero-order valence-corrected chi connectivity index (χ0v) is 8.59. The summed E-state index contributed by atoms with van der Waals surface area (Å²) in [5.74, 6) is -0.694. The molecule has 5 nitrogen and oxygen atoms in total. The Morgan fingerprint density at radius 1 is 1.73 bits per heavy atom. The first-order valence-electron chi connectivity index (χ1n) is 3.94. The molecular formula is C9H7ClN2O3. The normalized spacial score (nSPS) is 9.40. The van der Waals surface area contributed by atoms with Gasteiger partial charge < -0.3 is 9.72 Å². The maximum Gasteiger partial charge on any atom is 0.269 e. The standard InChI is InChI=1S/C9H7ClN2O3/c1-15-8-5(3-11)9(14)12-4-6(8)7(13)2-10/h4H,2H2,1H3,(H,12,14). The summed E-state index contributed by atoms with van der Waals surface area (Å²) in [7, 11) is 1.28. The van der Waals surface area contributed by atoms with E-state index in [0.717, 1.165) is 0 Å². The number of Topliss-reactive ketones (excluding diaryl/α,β-unsaturated/α-hetero) is 1. The van der Waals surface area contributed by atoms with Crippen LogP contribution in [0.5, 0.6) is 5.75 Å². The number of ether oxygens (including phenoxy) is 1. The summed E-state index contributed by atoms with van der Waals surface area (Å²) in [6, 6.07) is 1.67. The van der Waals surface area contributed by atoms with Gasteiger partial charge in [-0.25, -0.2) is 0 Å². The van der Waals surface area contributed by atoms with Crippen molar-refractivity contribution in [3.63, 3.8) is 0 Å². The lowest BCUT2D eigenvalue weighted by molar-refractivity contribution is 0.101. The van der Waals surface area contributed by atoms with Crippen LogP contribution in [0.3, 0.4) is 0 Å². The molecule has 1 N–H and O–H groups in total. The Kier molecular flexibility index (Phi) is 3.47. The molecule has 0 radical (unpaired) electrons. The lowest BCUT2D eigenvalue weighted by Crippen LogP contribution is -2.16. The van der Waals surface area contributed by atoms with Crippen molar-refractivity contribution >= 4 is 17.4 Å². The Hall–Kier alpha value is -1.80. The molecule has 0 unspecified atom stereocenters. The average Bonchev–Trinajstić information content (AvgIpc) is 2.27. The molecule has 0 atom stereocenters. The Morgan fingerprint density at radius 3 is 2.87 bits per heavy atom. The monoisotopic (exact) mass is 226 g/mol. The number of pyridine rings is 1. The molecular weight excluding hydrogens is 220 g/mol. The van der Waals surface area contributed by atoms with Crippen LogP contribution in [0.2, 0.25) is 0 Å². The van der Waals surface area contributed by atoms with E-state index in [2.05, 4.69) is 4.98 Å². The van der Waals surface area contributed by atoms with Crippen LogP contribution in [0.4, 0.5) is 0 Å². The number of carbonyl (C=O) groups is 1.